The highest BCUT2D eigenvalue weighted by molar-refractivity contribution is 8.00. The highest BCUT2D eigenvalue weighted by Crippen LogP contribution is 2.28. The molecule has 3 N–H and O–H groups in total. The smallest absolute Gasteiger partial charge is 0.335 e. The van der Waals surface area contributed by atoms with Gasteiger partial charge in [0.15, 0.2) is 0 Å². The van der Waals surface area contributed by atoms with Crippen LogP contribution in [0.4, 0.5) is 5.69 Å². The van der Waals surface area contributed by atoms with Crippen LogP contribution in [0.15, 0.2) is 41.3 Å². The number of fused-ring (bicyclic) bond motifs is 1. The van der Waals surface area contributed by atoms with Gasteiger partial charge in [-0.1, -0.05) is 6.07 Å². The van der Waals surface area contributed by atoms with Gasteiger partial charge >= 0.3 is 11.9 Å². The summed E-state index contributed by atoms with van der Waals surface area (Å²) in [4.78, 5) is 23.0. The number of carboxylic acid groups (broad SMARTS) is 2. The van der Waals surface area contributed by atoms with Crippen molar-refractivity contribution in [3.63, 3.8) is 0 Å². The van der Waals surface area contributed by atoms with Crippen LogP contribution in [0, 0.1) is 0 Å². The fourth-order valence-corrected chi connectivity index (χ4v) is 3.26. The van der Waals surface area contributed by atoms with E-state index in [4.69, 9.17) is 10.2 Å². The van der Waals surface area contributed by atoms with Crippen LogP contribution in [-0.4, -0.2) is 30.9 Å². The molecule has 0 saturated carbocycles. The van der Waals surface area contributed by atoms with Gasteiger partial charge in [0.05, 0.1) is 27.8 Å². The molecule has 0 saturated heterocycles. The Labute approximate surface area is 138 Å². The Morgan fingerprint density at radius 1 is 1.04 bits per heavy atom. The molecule has 0 bridgehead atoms. The molecule has 3 aromatic rings. The summed E-state index contributed by atoms with van der Waals surface area (Å²) in [5.41, 5.74) is 1.70. The van der Waals surface area contributed by atoms with E-state index < -0.39 is 11.9 Å². The molecule has 1 aromatic heterocycles. The maximum atomic E-state index is 11.1. The quantitative estimate of drug-likeness (QED) is 0.603. The number of rotatable bonds is 5. The summed E-state index contributed by atoms with van der Waals surface area (Å²) < 4.78 is 11.3. The number of nitrogens with one attached hydrogen (secondary N) is 1. The van der Waals surface area contributed by atoms with E-state index in [1.54, 1.807) is 0 Å². The van der Waals surface area contributed by atoms with E-state index in [-0.39, 0.29) is 11.1 Å². The van der Waals surface area contributed by atoms with Crippen molar-refractivity contribution in [1.29, 1.82) is 0 Å². The van der Waals surface area contributed by atoms with Gasteiger partial charge in [-0.25, -0.2) is 9.59 Å². The molecule has 0 amide bonds. The number of nitrogens with zero attached hydrogens (tertiary/aromatic N) is 2. The average molecular weight is 347 g/mol. The Kier molecular flexibility index (Phi) is 4.13. The minimum Gasteiger partial charge on any atom is -0.478 e. The first-order chi connectivity index (χ1) is 11.0. The Hall–Kier alpha value is -2.65. The van der Waals surface area contributed by atoms with Gasteiger partial charge in [-0.15, -0.1) is 0 Å². The normalized spacial score (nSPS) is 10.6. The van der Waals surface area contributed by atoms with Gasteiger partial charge < -0.3 is 14.9 Å². The predicted octanol–water partition coefficient (Wildman–Crippen LogP) is 3.21. The predicted molar refractivity (Wildman–Crippen MR) is 87.3 cm³/mol. The Morgan fingerprint density at radius 2 is 1.74 bits per heavy atom. The summed E-state index contributed by atoms with van der Waals surface area (Å²) >= 11 is 2.32. The number of hydrogen-bond acceptors (Lipinski definition) is 7. The van der Waals surface area contributed by atoms with Crippen LogP contribution >= 0.6 is 23.7 Å². The molecule has 23 heavy (non-hydrogen) atoms. The van der Waals surface area contributed by atoms with Crippen LogP contribution in [0.1, 0.15) is 20.7 Å². The molecule has 0 spiro atoms. The molecule has 0 fully saturated rings. The molecule has 0 aliphatic rings. The average Bonchev–Trinajstić information content (AvgIpc) is 3.01. The van der Waals surface area contributed by atoms with Crippen LogP contribution in [0.2, 0.25) is 0 Å². The standard InChI is InChI=1S/C14H9N3O4S2/c18-13(19)7-4-8(14(20)21)6-9(5-7)15-22-11-3-1-2-10-12(11)17-23-16-10/h1-6,15H,(H,18,19)(H,20,21). The summed E-state index contributed by atoms with van der Waals surface area (Å²) in [6, 6.07) is 9.40. The van der Waals surface area contributed by atoms with Crippen LogP contribution in [-0.2, 0) is 0 Å². The summed E-state index contributed by atoms with van der Waals surface area (Å²) in [6.07, 6.45) is 0. The second-order valence-corrected chi connectivity index (χ2v) is 5.88. The van der Waals surface area contributed by atoms with Gasteiger partial charge in [0.25, 0.3) is 0 Å². The fraction of sp³-hybridized carbons (Fsp3) is 0. The zero-order chi connectivity index (χ0) is 16.4. The van der Waals surface area contributed by atoms with Crippen molar-refractivity contribution < 1.29 is 19.8 Å². The van der Waals surface area contributed by atoms with Crippen molar-refractivity contribution in [2.24, 2.45) is 0 Å². The minimum atomic E-state index is -1.19. The summed E-state index contributed by atoms with van der Waals surface area (Å²) in [7, 11) is 0. The lowest BCUT2D eigenvalue weighted by Crippen LogP contribution is -2.03. The molecule has 1 heterocycles. The van der Waals surface area contributed by atoms with Crippen LogP contribution in [0.25, 0.3) is 11.0 Å². The molecule has 7 nitrogen and oxygen atoms in total. The van der Waals surface area contributed by atoms with Crippen molar-refractivity contribution in [2.45, 2.75) is 4.90 Å². The van der Waals surface area contributed by atoms with Gasteiger partial charge in [0.2, 0.25) is 0 Å². The molecule has 0 aliphatic heterocycles. The number of carboxylic acids is 2. The number of aromatic carboxylic acids is 2. The second kappa shape index (κ2) is 6.23. The van der Waals surface area contributed by atoms with E-state index in [9.17, 15) is 9.59 Å². The number of hydrogen-bond donors (Lipinski definition) is 3. The van der Waals surface area contributed by atoms with Gasteiger partial charge in [-0.2, -0.15) is 8.75 Å². The molecule has 2 aromatic carbocycles. The van der Waals surface area contributed by atoms with E-state index in [2.05, 4.69) is 13.5 Å². The van der Waals surface area contributed by atoms with Crippen LogP contribution in [0.5, 0.6) is 0 Å². The lowest BCUT2D eigenvalue weighted by molar-refractivity contribution is 0.0696. The molecular formula is C14H9N3O4S2. The topological polar surface area (TPSA) is 112 Å². The number of benzene rings is 2. The highest BCUT2D eigenvalue weighted by atomic mass is 32.2. The SMILES string of the molecule is O=C(O)c1cc(NSc2cccc3nsnc23)cc(C(=O)O)c1. The third kappa shape index (κ3) is 3.25. The Balaban J connectivity index is 1.89. The van der Waals surface area contributed by atoms with Crippen molar-refractivity contribution in [3.8, 4) is 0 Å². The first-order valence-electron chi connectivity index (χ1n) is 6.30. The van der Waals surface area contributed by atoms with E-state index in [0.29, 0.717) is 5.69 Å². The van der Waals surface area contributed by atoms with Gasteiger partial charge in [-0.3, -0.25) is 0 Å². The summed E-state index contributed by atoms with van der Waals surface area (Å²) in [6.45, 7) is 0. The summed E-state index contributed by atoms with van der Waals surface area (Å²) in [5.74, 6) is -2.38. The van der Waals surface area contributed by atoms with Crippen LogP contribution < -0.4 is 4.72 Å². The third-order valence-corrected chi connectivity index (χ3v) is 4.38. The van der Waals surface area contributed by atoms with Gasteiger partial charge in [-0.05, 0) is 42.3 Å². The minimum absolute atomic E-state index is 0.0958. The zero-order valence-corrected chi connectivity index (χ0v) is 13.0. The maximum Gasteiger partial charge on any atom is 0.335 e. The monoisotopic (exact) mass is 347 g/mol. The van der Waals surface area contributed by atoms with E-state index >= 15 is 0 Å². The maximum absolute atomic E-state index is 11.1. The first kappa shape index (κ1) is 15.3. The molecule has 0 atom stereocenters. The largest absolute Gasteiger partial charge is 0.478 e. The Bertz CT molecular complexity index is 878. The molecule has 0 radical (unpaired) electrons. The van der Waals surface area contributed by atoms with Crippen molar-refractivity contribution in [3.05, 3.63) is 47.5 Å². The third-order valence-electron chi connectivity index (χ3n) is 2.95. The fourth-order valence-electron chi connectivity index (χ4n) is 1.91. The molecule has 9 heteroatoms. The number of aromatic nitrogens is 2. The van der Waals surface area contributed by atoms with Gasteiger partial charge in [0.1, 0.15) is 11.0 Å². The first-order valence-corrected chi connectivity index (χ1v) is 7.85. The second-order valence-electron chi connectivity index (χ2n) is 4.50. The van der Waals surface area contributed by atoms with Crippen molar-refractivity contribution in [1.82, 2.24) is 8.75 Å². The van der Waals surface area contributed by atoms with Gasteiger partial charge in [0, 0.05) is 5.69 Å². The van der Waals surface area contributed by atoms with Crippen LogP contribution in [0.3, 0.4) is 0 Å². The van der Waals surface area contributed by atoms with E-state index in [1.807, 2.05) is 18.2 Å². The Morgan fingerprint density at radius 3 is 2.39 bits per heavy atom. The van der Waals surface area contributed by atoms with Crippen molar-refractivity contribution in [2.75, 3.05) is 4.72 Å². The van der Waals surface area contributed by atoms with E-state index in [0.717, 1.165) is 33.7 Å². The number of anilines is 1. The van der Waals surface area contributed by atoms with E-state index in [1.165, 1.54) is 24.1 Å². The van der Waals surface area contributed by atoms with Crippen molar-refractivity contribution >= 4 is 52.3 Å². The molecule has 116 valence electrons. The molecule has 0 aliphatic carbocycles. The molecule has 3 rings (SSSR count). The lowest BCUT2D eigenvalue weighted by Gasteiger charge is -2.08. The molecule has 0 unspecified atom stereocenters. The highest BCUT2D eigenvalue weighted by Gasteiger charge is 2.12. The number of carbonyl (C=O) groups is 2. The lowest BCUT2D eigenvalue weighted by atomic mass is 10.1. The summed E-state index contributed by atoms with van der Waals surface area (Å²) in [5, 5.41) is 18.1. The molecular weight excluding hydrogens is 338 g/mol. The zero-order valence-electron chi connectivity index (χ0n) is 11.4.